The molecular weight excluding hydrogens is 565 g/mol. The Morgan fingerprint density at radius 3 is 2.65 bits per heavy atom. The van der Waals surface area contributed by atoms with Crippen LogP contribution >= 0.6 is 19.3 Å². The van der Waals surface area contributed by atoms with Gasteiger partial charge in [0, 0.05) is 7.05 Å². The number of carbonyl (C=O) groups is 1. The maximum Gasteiger partial charge on any atom is 0.459 e. The first kappa shape index (κ1) is 30.0. The van der Waals surface area contributed by atoms with E-state index in [-0.39, 0.29) is 17.8 Å². The maximum absolute atomic E-state index is 13.8. The average molecular weight is 598 g/mol. The molecule has 40 heavy (non-hydrogen) atoms. The number of nitrogens with zero attached hydrogens (tertiary/aromatic N) is 4. The SMILES string of the molecule is CNc1nc(N)nc2c1ncn2[C@@H]1O[C@H](CO[P@](=O)(N[C@H](C)C(=O)OC(C)C)Oc2ccccc2)[C@@H](O)[C@@]1(C)Cl. The van der Waals surface area contributed by atoms with Crippen LogP contribution in [0.15, 0.2) is 36.7 Å². The monoisotopic (exact) mass is 597 g/mol. The predicted octanol–water partition coefficient (Wildman–Crippen LogP) is 2.84. The third-order valence-electron chi connectivity index (χ3n) is 6.08. The highest BCUT2D eigenvalue weighted by molar-refractivity contribution is 7.52. The minimum absolute atomic E-state index is 0.00323. The van der Waals surface area contributed by atoms with Crippen molar-refractivity contribution in [3.63, 3.8) is 0 Å². The minimum atomic E-state index is -4.20. The topological polar surface area (TPSA) is 185 Å². The van der Waals surface area contributed by atoms with E-state index in [1.165, 1.54) is 17.8 Å². The van der Waals surface area contributed by atoms with Crippen molar-refractivity contribution >= 4 is 48.2 Å². The first-order valence-electron chi connectivity index (χ1n) is 12.5. The Morgan fingerprint density at radius 2 is 2.00 bits per heavy atom. The average Bonchev–Trinajstić information content (AvgIpc) is 3.40. The molecule has 0 saturated carbocycles. The molecule has 4 rings (SSSR count). The van der Waals surface area contributed by atoms with Gasteiger partial charge >= 0.3 is 13.7 Å². The van der Waals surface area contributed by atoms with Gasteiger partial charge in [0.1, 0.15) is 28.9 Å². The van der Waals surface area contributed by atoms with E-state index in [2.05, 4.69) is 25.4 Å². The van der Waals surface area contributed by atoms with Crippen LogP contribution in [0.1, 0.15) is 33.9 Å². The number of rotatable bonds is 11. The third-order valence-corrected chi connectivity index (χ3v) is 8.13. The number of aliphatic hydroxyl groups excluding tert-OH is 1. The molecule has 1 aromatic carbocycles. The summed E-state index contributed by atoms with van der Waals surface area (Å²) in [5, 5.41) is 16.6. The van der Waals surface area contributed by atoms with E-state index in [9.17, 15) is 14.5 Å². The van der Waals surface area contributed by atoms with Crippen LogP contribution in [0.5, 0.6) is 5.75 Å². The molecule has 0 bridgehead atoms. The number of anilines is 2. The Hall–Kier alpha value is -3.00. The molecule has 1 aliphatic rings. The fourth-order valence-corrected chi connectivity index (χ4v) is 5.93. The molecule has 2 aromatic heterocycles. The summed E-state index contributed by atoms with van der Waals surface area (Å²) in [4.78, 5) is 23.7. The highest BCUT2D eigenvalue weighted by Crippen LogP contribution is 2.48. The van der Waals surface area contributed by atoms with Crippen LogP contribution in [-0.4, -0.2) is 73.5 Å². The van der Waals surface area contributed by atoms with Crippen LogP contribution in [0.3, 0.4) is 0 Å². The molecule has 3 aromatic rings. The van der Waals surface area contributed by atoms with Gasteiger partial charge in [0.2, 0.25) is 5.95 Å². The van der Waals surface area contributed by atoms with Gasteiger partial charge in [-0.3, -0.25) is 13.9 Å². The summed E-state index contributed by atoms with van der Waals surface area (Å²) >= 11 is 6.79. The Morgan fingerprint density at radius 1 is 1.30 bits per heavy atom. The molecule has 1 fully saturated rings. The molecule has 0 aliphatic carbocycles. The number of nitrogen functional groups attached to an aromatic ring is 1. The van der Waals surface area contributed by atoms with Crippen molar-refractivity contribution in [3.05, 3.63) is 36.7 Å². The van der Waals surface area contributed by atoms with Crippen molar-refractivity contribution in [2.24, 2.45) is 0 Å². The number of carbonyl (C=O) groups excluding carboxylic acids is 1. The summed E-state index contributed by atoms with van der Waals surface area (Å²) in [6.45, 7) is 6.04. The van der Waals surface area contributed by atoms with Crippen LogP contribution in [0, 0.1) is 0 Å². The number of fused-ring (bicyclic) bond motifs is 1. The van der Waals surface area contributed by atoms with E-state index >= 15 is 0 Å². The summed E-state index contributed by atoms with van der Waals surface area (Å²) < 4.78 is 38.0. The van der Waals surface area contributed by atoms with Crippen molar-refractivity contribution in [1.29, 1.82) is 0 Å². The lowest BCUT2D eigenvalue weighted by Crippen LogP contribution is -2.40. The van der Waals surface area contributed by atoms with Crippen LogP contribution in [-0.2, 0) is 23.4 Å². The number of nitrogens with two attached hydrogens (primary N) is 1. The number of nitrogens with one attached hydrogen (secondary N) is 2. The number of halogens is 1. The number of esters is 1. The van der Waals surface area contributed by atoms with Crippen molar-refractivity contribution < 1.29 is 33.0 Å². The summed E-state index contributed by atoms with van der Waals surface area (Å²) in [7, 11) is -2.53. The van der Waals surface area contributed by atoms with Gasteiger partial charge in [-0.15, -0.1) is 11.6 Å². The number of para-hydroxylation sites is 1. The van der Waals surface area contributed by atoms with Gasteiger partial charge in [-0.2, -0.15) is 15.1 Å². The molecule has 0 amide bonds. The molecule has 5 N–H and O–H groups in total. The molecule has 0 spiro atoms. The van der Waals surface area contributed by atoms with Gasteiger partial charge in [-0.05, 0) is 39.8 Å². The first-order valence-corrected chi connectivity index (χ1v) is 14.4. The number of benzene rings is 1. The van der Waals surface area contributed by atoms with Crippen molar-refractivity contribution in [1.82, 2.24) is 24.6 Å². The lowest BCUT2D eigenvalue weighted by atomic mass is 10.0. The van der Waals surface area contributed by atoms with E-state index in [0.29, 0.717) is 17.0 Å². The number of hydrogen-bond acceptors (Lipinski definition) is 12. The van der Waals surface area contributed by atoms with E-state index in [1.807, 2.05) is 0 Å². The number of alkyl halides is 1. The molecule has 218 valence electrons. The van der Waals surface area contributed by atoms with Gasteiger partial charge in [-0.25, -0.2) is 9.55 Å². The zero-order valence-electron chi connectivity index (χ0n) is 22.6. The number of ether oxygens (including phenoxy) is 2. The summed E-state index contributed by atoms with van der Waals surface area (Å²) in [6.07, 6.45) is -2.23. The molecule has 1 aliphatic heterocycles. The number of hydrogen-bond donors (Lipinski definition) is 4. The van der Waals surface area contributed by atoms with E-state index in [0.717, 1.165) is 0 Å². The number of aromatic nitrogens is 4. The maximum atomic E-state index is 13.8. The normalized spacial score (nSPS) is 25.1. The standard InChI is InChI=1S/C24H33ClN7O7P/c1-13(2)37-21(34)14(3)31-40(35,39-15-9-7-6-8-10-15)36-11-16-18(33)24(4,25)22(38-16)32-12-28-17-19(27-5)29-23(26)30-20(17)32/h6-10,12-14,16,18,22,33H,11H2,1-5H3,(H,31,35)(H3,26,27,29,30)/t14-,16-,18-,22-,24-,40-/m1/s1. The zero-order chi connectivity index (χ0) is 29.2. The number of imidazole rings is 1. The quantitative estimate of drug-likeness (QED) is 0.144. The van der Waals surface area contributed by atoms with Gasteiger partial charge in [0.25, 0.3) is 0 Å². The minimum Gasteiger partial charge on any atom is -0.462 e. The van der Waals surface area contributed by atoms with E-state index in [4.69, 9.17) is 35.9 Å². The second-order valence-corrected chi connectivity index (χ2v) is 12.2. The lowest BCUT2D eigenvalue weighted by Gasteiger charge is -2.26. The Balaban J connectivity index is 1.56. The second-order valence-electron chi connectivity index (χ2n) is 9.66. The van der Waals surface area contributed by atoms with Crippen molar-refractivity contribution in [2.45, 2.75) is 63.2 Å². The van der Waals surface area contributed by atoms with Gasteiger partial charge < -0.3 is 30.2 Å². The molecule has 0 unspecified atom stereocenters. The second kappa shape index (κ2) is 11.9. The van der Waals surface area contributed by atoms with E-state index < -0.39 is 49.7 Å². The van der Waals surface area contributed by atoms with Crippen molar-refractivity contribution in [2.75, 3.05) is 24.7 Å². The fourth-order valence-electron chi connectivity index (χ4n) is 4.14. The van der Waals surface area contributed by atoms with Gasteiger partial charge in [-0.1, -0.05) is 18.2 Å². The smallest absolute Gasteiger partial charge is 0.459 e. The van der Waals surface area contributed by atoms with Crippen LogP contribution in [0.4, 0.5) is 11.8 Å². The lowest BCUT2D eigenvalue weighted by molar-refractivity contribution is -0.149. The molecule has 3 heterocycles. The van der Waals surface area contributed by atoms with Crippen LogP contribution < -0.4 is 20.7 Å². The summed E-state index contributed by atoms with van der Waals surface area (Å²) in [5.41, 5.74) is 6.62. The Labute approximate surface area is 236 Å². The summed E-state index contributed by atoms with van der Waals surface area (Å²) in [6, 6.07) is 7.26. The molecule has 1 saturated heterocycles. The van der Waals surface area contributed by atoms with Crippen LogP contribution in [0.25, 0.3) is 11.2 Å². The number of aliphatic hydroxyl groups is 1. The van der Waals surface area contributed by atoms with Crippen LogP contribution in [0.2, 0.25) is 0 Å². The van der Waals surface area contributed by atoms with Gasteiger partial charge in [0.15, 0.2) is 23.2 Å². The molecule has 0 radical (unpaired) electrons. The largest absolute Gasteiger partial charge is 0.462 e. The highest BCUT2D eigenvalue weighted by Gasteiger charge is 2.54. The third kappa shape index (κ3) is 6.32. The zero-order valence-corrected chi connectivity index (χ0v) is 24.3. The fraction of sp³-hybridized carbons (Fsp3) is 0.500. The van der Waals surface area contributed by atoms with Gasteiger partial charge in [0.05, 0.1) is 19.0 Å². The first-order chi connectivity index (χ1) is 18.8. The molecular formula is C24H33ClN7O7P. The highest BCUT2D eigenvalue weighted by atomic mass is 35.5. The summed E-state index contributed by atoms with van der Waals surface area (Å²) in [5.74, 6) is 0.00283. The molecule has 14 nitrogen and oxygen atoms in total. The Kier molecular flexibility index (Phi) is 8.88. The molecule has 6 atom stereocenters. The van der Waals surface area contributed by atoms with E-state index in [1.54, 1.807) is 58.2 Å². The van der Waals surface area contributed by atoms with Crippen molar-refractivity contribution in [3.8, 4) is 5.75 Å². The molecule has 16 heteroatoms. The predicted molar refractivity (Wildman–Crippen MR) is 148 cm³/mol. The Bertz CT molecular complexity index is 1390.